The Kier molecular flexibility index (Phi) is 9.40. The minimum absolute atomic E-state index is 0.0548. The number of aliphatic hydroxyl groups excluding tert-OH is 2. The van der Waals surface area contributed by atoms with Crippen molar-refractivity contribution in [1.29, 1.82) is 0 Å². The number of carbonyl (C=O) groups is 2. The van der Waals surface area contributed by atoms with E-state index in [9.17, 15) is 19.8 Å². The molecule has 38 heavy (non-hydrogen) atoms. The van der Waals surface area contributed by atoms with Crippen molar-refractivity contribution in [2.24, 2.45) is 11.5 Å². The van der Waals surface area contributed by atoms with Gasteiger partial charge >= 0.3 is 0 Å². The van der Waals surface area contributed by atoms with Crippen LogP contribution in [0.1, 0.15) is 11.1 Å². The van der Waals surface area contributed by atoms with E-state index in [2.05, 4.69) is 0 Å². The first kappa shape index (κ1) is 27.6. The molecule has 0 aliphatic carbocycles. The van der Waals surface area contributed by atoms with Gasteiger partial charge in [0.25, 0.3) is 0 Å². The molecule has 0 spiro atoms. The van der Waals surface area contributed by atoms with Crippen LogP contribution in [0.2, 0.25) is 0 Å². The normalized spacial score (nSPS) is 14.5. The Bertz CT molecular complexity index is 1200. The SMILES string of the molecule is NC(=O)C(OCc1ccc(-c2cccs2)cc1)C(O)C(O)C(OCc1ccc(-c2cccs2)cc1)C(N)=O. The number of ether oxygens (including phenoxy) is 2. The number of hydrogen-bond acceptors (Lipinski definition) is 8. The van der Waals surface area contributed by atoms with Crippen LogP contribution in [0.5, 0.6) is 0 Å². The number of benzene rings is 2. The monoisotopic (exact) mass is 552 g/mol. The Labute approximate surface area is 228 Å². The smallest absolute Gasteiger partial charge is 0.249 e. The van der Waals surface area contributed by atoms with Gasteiger partial charge in [-0.25, -0.2) is 0 Å². The summed E-state index contributed by atoms with van der Waals surface area (Å²) in [5, 5.41) is 25.4. The van der Waals surface area contributed by atoms with Crippen LogP contribution in [0, 0.1) is 0 Å². The molecule has 2 amide bonds. The topological polar surface area (TPSA) is 145 Å². The molecule has 2 heterocycles. The van der Waals surface area contributed by atoms with E-state index >= 15 is 0 Å². The average Bonchev–Trinajstić information content (AvgIpc) is 3.64. The van der Waals surface area contributed by atoms with Crippen molar-refractivity contribution < 1.29 is 29.3 Å². The number of aliphatic hydroxyl groups is 2. The van der Waals surface area contributed by atoms with Crippen molar-refractivity contribution in [1.82, 2.24) is 0 Å². The van der Waals surface area contributed by atoms with E-state index < -0.39 is 36.2 Å². The van der Waals surface area contributed by atoms with E-state index in [0.29, 0.717) is 0 Å². The average molecular weight is 553 g/mol. The summed E-state index contributed by atoms with van der Waals surface area (Å²) in [5.41, 5.74) is 14.4. The molecule has 0 aliphatic rings. The van der Waals surface area contributed by atoms with Gasteiger partial charge in [0.1, 0.15) is 12.2 Å². The van der Waals surface area contributed by atoms with E-state index in [1.54, 1.807) is 22.7 Å². The molecule has 4 aromatic rings. The van der Waals surface area contributed by atoms with Gasteiger partial charge in [0.05, 0.1) is 13.2 Å². The van der Waals surface area contributed by atoms with Gasteiger partial charge in [-0.2, -0.15) is 0 Å². The Morgan fingerprint density at radius 1 is 0.658 bits per heavy atom. The molecule has 10 heteroatoms. The van der Waals surface area contributed by atoms with Crippen molar-refractivity contribution >= 4 is 34.5 Å². The summed E-state index contributed by atoms with van der Waals surface area (Å²) in [6.07, 6.45) is -6.90. The second-order valence-corrected chi connectivity index (χ2v) is 10.5. The summed E-state index contributed by atoms with van der Waals surface area (Å²) in [6.45, 7) is -0.110. The lowest BCUT2D eigenvalue weighted by atomic mass is 10.0. The maximum absolute atomic E-state index is 12.0. The van der Waals surface area contributed by atoms with Crippen LogP contribution in [0.4, 0.5) is 0 Å². The highest BCUT2D eigenvalue weighted by molar-refractivity contribution is 7.13. The largest absolute Gasteiger partial charge is 0.387 e. The summed E-state index contributed by atoms with van der Waals surface area (Å²) in [6, 6.07) is 22.9. The highest BCUT2D eigenvalue weighted by Gasteiger charge is 2.39. The number of amides is 2. The predicted octanol–water partition coefficient (Wildman–Crippen LogP) is 3.31. The fourth-order valence-corrected chi connectivity index (χ4v) is 5.31. The lowest BCUT2D eigenvalue weighted by Gasteiger charge is -2.29. The third-order valence-corrected chi connectivity index (χ3v) is 7.75. The molecule has 2 aromatic heterocycles. The van der Waals surface area contributed by atoms with Crippen LogP contribution < -0.4 is 11.5 Å². The number of primary amides is 2. The quantitative estimate of drug-likeness (QED) is 0.200. The molecule has 0 saturated carbocycles. The lowest BCUT2D eigenvalue weighted by Crippen LogP contribution is -2.54. The van der Waals surface area contributed by atoms with Crippen molar-refractivity contribution in [3.8, 4) is 20.9 Å². The molecule has 8 nitrogen and oxygen atoms in total. The highest BCUT2D eigenvalue weighted by Crippen LogP contribution is 2.26. The van der Waals surface area contributed by atoms with Gasteiger partial charge in [0, 0.05) is 9.75 Å². The maximum Gasteiger partial charge on any atom is 0.249 e. The van der Waals surface area contributed by atoms with E-state index in [1.807, 2.05) is 83.6 Å². The van der Waals surface area contributed by atoms with Crippen molar-refractivity contribution in [2.45, 2.75) is 37.6 Å². The van der Waals surface area contributed by atoms with Gasteiger partial charge in [-0.05, 0) is 45.1 Å². The third-order valence-electron chi connectivity index (χ3n) is 5.91. The van der Waals surface area contributed by atoms with Gasteiger partial charge in [0.2, 0.25) is 11.8 Å². The molecule has 2 aromatic carbocycles. The number of carbonyl (C=O) groups excluding carboxylic acids is 2. The molecular formula is C28H28N2O6S2. The summed E-state index contributed by atoms with van der Waals surface area (Å²) in [5.74, 6) is -2.00. The van der Waals surface area contributed by atoms with Crippen molar-refractivity contribution in [2.75, 3.05) is 0 Å². The minimum atomic E-state index is -1.85. The standard InChI is InChI=1S/C28H28N2O6S2/c29-27(33)25(35-15-17-5-9-19(10-6-17)21-3-1-13-37-21)23(31)24(32)26(28(30)34)36-16-18-7-11-20(12-8-18)22-4-2-14-38-22/h1-14,23-26,31-32H,15-16H2,(H2,29,33)(H2,30,34). The van der Waals surface area contributed by atoms with Crippen LogP contribution >= 0.6 is 22.7 Å². The van der Waals surface area contributed by atoms with Gasteiger partial charge in [0.15, 0.2) is 12.2 Å². The summed E-state index contributed by atoms with van der Waals surface area (Å²) in [4.78, 5) is 26.3. The molecule has 0 saturated heterocycles. The molecule has 0 radical (unpaired) electrons. The van der Waals surface area contributed by atoms with Gasteiger partial charge < -0.3 is 31.2 Å². The fourth-order valence-electron chi connectivity index (χ4n) is 3.84. The van der Waals surface area contributed by atoms with Crippen LogP contribution in [-0.2, 0) is 32.3 Å². The molecule has 0 bridgehead atoms. The number of hydrogen-bond donors (Lipinski definition) is 4. The Morgan fingerprint density at radius 2 is 1.03 bits per heavy atom. The Balaban J connectivity index is 1.36. The number of nitrogens with two attached hydrogens (primary N) is 2. The predicted molar refractivity (Wildman–Crippen MR) is 147 cm³/mol. The lowest BCUT2D eigenvalue weighted by molar-refractivity contribution is -0.167. The maximum atomic E-state index is 12.0. The molecule has 0 fully saturated rings. The zero-order valence-electron chi connectivity index (χ0n) is 20.3. The number of rotatable bonds is 13. The molecule has 198 valence electrons. The minimum Gasteiger partial charge on any atom is -0.387 e. The molecule has 4 unspecified atom stereocenters. The van der Waals surface area contributed by atoms with Crippen molar-refractivity contribution in [3.63, 3.8) is 0 Å². The first-order valence-corrected chi connectivity index (χ1v) is 13.5. The molecule has 4 atom stereocenters. The molecule has 4 rings (SSSR count). The molecule has 0 aliphatic heterocycles. The molecular weight excluding hydrogens is 524 g/mol. The summed E-state index contributed by atoms with van der Waals surface area (Å²) < 4.78 is 11.1. The zero-order valence-corrected chi connectivity index (χ0v) is 21.9. The Morgan fingerprint density at radius 3 is 1.32 bits per heavy atom. The first-order valence-electron chi connectivity index (χ1n) is 11.8. The third kappa shape index (κ3) is 6.93. The Hall–Kier alpha value is -3.38. The van der Waals surface area contributed by atoms with Crippen LogP contribution in [-0.4, -0.2) is 46.4 Å². The van der Waals surface area contributed by atoms with E-state index in [1.165, 1.54) is 0 Å². The zero-order chi connectivity index (χ0) is 27.1. The first-order chi connectivity index (χ1) is 18.3. The fraction of sp³-hybridized carbons (Fsp3) is 0.214. The summed E-state index contributed by atoms with van der Waals surface area (Å²) in [7, 11) is 0. The van der Waals surface area contributed by atoms with Crippen LogP contribution in [0.25, 0.3) is 20.9 Å². The van der Waals surface area contributed by atoms with E-state index in [-0.39, 0.29) is 13.2 Å². The highest BCUT2D eigenvalue weighted by atomic mass is 32.1. The second-order valence-electron chi connectivity index (χ2n) is 8.60. The van der Waals surface area contributed by atoms with E-state index in [4.69, 9.17) is 20.9 Å². The van der Waals surface area contributed by atoms with Crippen molar-refractivity contribution in [3.05, 3.63) is 94.7 Å². The summed E-state index contributed by atoms with van der Waals surface area (Å²) >= 11 is 3.23. The van der Waals surface area contributed by atoms with Crippen LogP contribution in [0.15, 0.2) is 83.6 Å². The van der Waals surface area contributed by atoms with Crippen LogP contribution in [0.3, 0.4) is 0 Å². The van der Waals surface area contributed by atoms with Gasteiger partial charge in [-0.1, -0.05) is 60.7 Å². The van der Waals surface area contributed by atoms with Gasteiger partial charge in [-0.15, -0.1) is 22.7 Å². The molecule has 6 N–H and O–H groups in total. The van der Waals surface area contributed by atoms with E-state index in [0.717, 1.165) is 32.0 Å². The van der Waals surface area contributed by atoms with Gasteiger partial charge in [-0.3, -0.25) is 9.59 Å². The second kappa shape index (κ2) is 12.9. The number of thiophene rings is 2.